The molecule has 24 heavy (non-hydrogen) atoms. The van der Waals surface area contributed by atoms with Crippen LogP contribution in [-0.2, 0) is 6.42 Å². The molecule has 2 aromatic carbocycles. The van der Waals surface area contributed by atoms with Crippen LogP contribution in [0.3, 0.4) is 0 Å². The molecule has 0 saturated carbocycles. The van der Waals surface area contributed by atoms with Crippen LogP contribution in [0.4, 0.5) is 4.39 Å². The fourth-order valence-corrected chi connectivity index (χ4v) is 2.20. The van der Waals surface area contributed by atoms with Crippen molar-refractivity contribution in [3.05, 3.63) is 71.4 Å². The van der Waals surface area contributed by atoms with Crippen LogP contribution in [0.1, 0.15) is 21.8 Å². The molecule has 0 unspecified atom stereocenters. The maximum absolute atomic E-state index is 13.5. The molecule has 0 bridgehead atoms. The molecule has 0 spiro atoms. The van der Waals surface area contributed by atoms with Gasteiger partial charge in [0.15, 0.2) is 0 Å². The molecule has 1 heterocycles. The van der Waals surface area contributed by atoms with Crippen molar-refractivity contribution in [1.82, 2.24) is 15.5 Å². The highest BCUT2D eigenvalue weighted by Crippen LogP contribution is 2.16. The van der Waals surface area contributed by atoms with Crippen LogP contribution < -0.4 is 5.32 Å². The lowest BCUT2D eigenvalue weighted by Crippen LogP contribution is -2.26. The second-order valence-electron chi connectivity index (χ2n) is 5.36. The monoisotopic (exact) mass is 325 g/mol. The van der Waals surface area contributed by atoms with E-state index in [9.17, 15) is 9.18 Å². The van der Waals surface area contributed by atoms with E-state index in [1.165, 1.54) is 18.2 Å². The molecule has 122 valence electrons. The number of carbonyl (C=O) groups is 1. The van der Waals surface area contributed by atoms with E-state index in [1.54, 1.807) is 6.07 Å². The van der Waals surface area contributed by atoms with Gasteiger partial charge in [-0.2, -0.15) is 4.98 Å². The lowest BCUT2D eigenvalue weighted by Gasteiger charge is -2.04. The Bertz CT molecular complexity index is 843. The van der Waals surface area contributed by atoms with Gasteiger partial charge >= 0.3 is 0 Å². The Morgan fingerprint density at radius 2 is 1.92 bits per heavy atom. The molecule has 0 aliphatic rings. The number of hydrogen-bond donors (Lipinski definition) is 1. The third kappa shape index (κ3) is 3.65. The van der Waals surface area contributed by atoms with Crippen LogP contribution in [0.15, 0.2) is 53.1 Å². The molecule has 3 rings (SSSR count). The molecule has 0 aliphatic carbocycles. The highest BCUT2D eigenvalue weighted by Gasteiger charge is 2.12. The molecule has 6 heteroatoms. The van der Waals surface area contributed by atoms with Crippen molar-refractivity contribution in [3.63, 3.8) is 0 Å². The van der Waals surface area contributed by atoms with Crippen LogP contribution in [0.25, 0.3) is 11.4 Å². The van der Waals surface area contributed by atoms with E-state index >= 15 is 0 Å². The third-order valence-electron chi connectivity index (χ3n) is 3.52. The van der Waals surface area contributed by atoms with Gasteiger partial charge in [0, 0.05) is 18.5 Å². The topological polar surface area (TPSA) is 68.0 Å². The maximum Gasteiger partial charge on any atom is 0.254 e. The molecule has 0 saturated heterocycles. The van der Waals surface area contributed by atoms with Crippen molar-refractivity contribution in [2.45, 2.75) is 13.3 Å². The van der Waals surface area contributed by atoms with Gasteiger partial charge in [-0.25, -0.2) is 4.39 Å². The third-order valence-corrected chi connectivity index (χ3v) is 3.52. The van der Waals surface area contributed by atoms with E-state index in [0.29, 0.717) is 18.1 Å². The zero-order chi connectivity index (χ0) is 16.9. The van der Waals surface area contributed by atoms with Gasteiger partial charge in [0.25, 0.3) is 5.91 Å². The summed E-state index contributed by atoms with van der Waals surface area (Å²) in [6.07, 6.45) is 0.374. The number of aromatic nitrogens is 2. The normalized spacial score (nSPS) is 10.6. The van der Waals surface area contributed by atoms with Crippen molar-refractivity contribution < 1.29 is 13.7 Å². The van der Waals surface area contributed by atoms with Crippen molar-refractivity contribution in [2.75, 3.05) is 6.54 Å². The van der Waals surface area contributed by atoms with Crippen LogP contribution in [0.2, 0.25) is 0 Å². The van der Waals surface area contributed by atoms with Gasteiger partial charge in [0.2, 0.25) is 11.7 Å². The van der Waals surface area contributed by atoms with Crippen LogP contribution in [0, 0.1) is 12.7 Å². The SMILES string of the molecule is Cc1ccc(-c2noc(CCNC(=O)c3ccccc3F)n2)cc1. The minimum absolute atomic E-state index is 0.0170. The number of aryl methyl sites for hydroxylation is 1. The Morgan fingerprint density at radius 1 is 1.17 bits per heavy atom. The summed E-state index contributed by atoms with van der Waals surface area (Å²) in [5.74, 6) is -0.0920. The molecule has 3 aromatic rings. The van der Waals surface area contributed by atoms with Gasteiger partial charge in [-0.1, -0.05) is 47.1 Å². The molecule has 5 nitrogen and oxygen atoms in total. The summed E-state index contributed by atoms with van der Waals surface area (Å²) in [5, 5.41) is 6.57. The average Bonchev–Trinajstić information content (AvgIpc) is 3.04. The number of nitrogens with zero attached hydrogens (tertiary/aromatic N) is 2. The Balaban J connectivity index is 1.57. The fourth-order valence-electron chi connectivity index (χ4n) is 2.20. The first kappa shape index (κ1) is 15.9. The molecular weight excluding hydrogens is 309 g/mol. The number of rotatable bonds is 5. The van der Waals surface area contributed by atoms with Gasteiger partial charge in [-0.3, -0.25) is 4.79 Å². The van der Waals surface area contributed by atoms with Crippen molar-refractivity contribution >= 4 is 5.91 Å². The van der Waals surface area contributed by atoms with Crippen molar-refractivity contribution in [3.8, 4) is 11.4 Å². The number of hydrogen-bond acceptors (Lipinski definition) is 4. The summed E-state index contributed by atoms with van der Waals surface area (Å²) in [6.45, 7) is 2.28. The Kier molecular flexibility index (Phi) is 4.65. The summed E-state index contributed by atoms with van der Waals surface area (Å²) in [5.41, 5.74) is 2.03. The number of amides is 1. The summed E-state index contributed by atoms with van der Waals surface area (Å²) in [4.78, 5) is 16.2. The number of nitrogens with one attached hydrogen (secondary N) is 1. The molecular formula is C18H16FN3O2. The molecule has 0 radical (unpaired) electrons. The van der Waals surface area contributed by atoms with Gasteiger partial charge in [0.1, 0.15) is 5.82 Å². The van der Waals surface area contributed by atoms with Crippen LogP contribution in [0.5, 0.6) is 0 Å². The van der Waals surface area contributed by atoms with Crippen LogP contribution in [-0.4, -0.2) is 22.6 Å². The fraction of sp³-hybridized carbons (Fsp3) is 0.167. The first-order valence-electron chi connectivity index (χ1n) is 7.56. The maximum atomic E-state index is 13.5. The Labute approximate surface area is 138 Å². The van der Waals surface area contributed by atoms with E-state index < -0.39 is 11.7 Å². The molecule has 1 aromatic heterocycles. The predicted octanol–water partition coefficient (Wildman–Crippen LogP) is 3.16. The van der Waals surface area contributed by atoms with Crippen molar-refractivity contribution in [2.24, 2.45) is 0 Å². The molecule has 0 aliphatic heterocycles. The van der Waals surface area contributed by atoms with Gasteiger partial charge in [-0.05, 0) is 19.1 Å². The van der Waals surface area contributed by atoms with Gasteiger partial charge in [-0.15, -0.1) is 0 Å². The highest BCUT2D eigenvalue weighted by molar-refractivity contribution is 5.94. The lowest BCUT2D eigenvalue weighted by molar-refractivity contribution is 0.0949. The zero-order valence-corrected chi connectivity index (χ0v) is 13.1. The number of benzene rings is 2. The largest absolute Gasteiger partial charge is 0.351 e. The molecule has 1 N–H and O–H groups in total. The van der Waals surface area contributed by atoms with Crippen LogP contribution >= 0.6 is 0 Å². The zero-order valence-electron chi connectivity index (χ0n) is 13.1. The standard InChI is InChI=1S/C18H16FN3O2/c1-12-6-8-13(9-7-12)17-21-16(24-22-17)10-11-20-18(23)14-4-2-3-5-15(14)19/h2-9H,10-11H2,1H3,(H,20,23). The summed E-state index contributed by atoms with van der Waals surface area (Å²) < 4.78 is 18.7. The van der Waals surface area contributed by atoms with Gasteiger partial charge in [0.05, 0.1) is 5.56 Å². The first-order valence-corrected chi connectivity index (χ1v) is 7.56. The average molecular weight is 325 g/mol. The minimum Gasteiger partial charge on any atom is -0.351 e. The van der Waals surface area contributed by atoms with E-state index in [1.807, 2.05) is 31.2 Å². The second kappa shape index (κ2) is 7.04. The van der Waals surface area contributed by atoms with E-state index in [4.69, 9.17) is 4.52 Å². The smallest absolute Gasteiger partial charge is 0.254 e. The summed E-state index contributed by atoms with van der Waals surface area (Å²) in [7, 11) is 0. The molecule has 1 amide bonds. The van der Waals surface area contributed by atoms with Crippen molar-refractivity contribution in [1.29, 1.82) is 0 Å². The summed E-state index contributed by atoms with van der Waals surface area (Å²) in [6, 6.07) is 13.6. The predicted molar refractivity (Wildman–Crippen MR) is 86.9 cm³/mol. The molecule has 0 fully saturated rings. The summed E-state index contributed by atoms with van der Waals surface area (Å²) >= 11 is 0. The Morgan fingerprint density at radius 3 is 2.67 bits per heavy atom. The number of carbonyl (C=O) groups excluding carboxylic acids is 1. The van der Waals surface area contributed by atoms with E-state index in [-0.39, 0.29) is 12.1 Å². The quantitative estimate of drug-likeness (QED) is 0.782. The minimum atomic E-state index is -0.547. The Hall–Kier alpha value is -3.02. The second-order valence-corrected chi connectivity index (χ2v) is 5.36. The van der Waals surface area contributed by atoms with E-state index in [0.717, 1.165) is 11.1 Å². The highest BCUT2D eigenvalue weighted by atomic mass is 19.1. The van der Waals surface area contributed by atoms with Gasteiger partial charge < -0.3 is 9.84 Å². The number of halogens is 1. The first-order chi connectivity index (χ1) is 11.6. The lowest BCUT2D eigenvalue weighted by atomic mass is 10.1. The van der Waals surface area contributed by atoms with E-state index in [2.05, 4.69) is 15.5 Å². The molecule has 0 atom stereocenters.